The summed E-state index contributed by atoms with van der Waals surface area (Å²) in [6.45, 7) is 2.20. The monoisotopic (exact) mass is 306 g/mol. The van der Waals surface area contributed by atoms with Crippen LogP contribution in [0.25, 0.3) is 0 Å². The van der Waals surface area contributed by atoms with Gasteiger partial charge < -0.3 is 5.11 Å². The first kappa shape index (κ1) is 20.7. The molecule has 0 aromatic carbocycles. The Balaban J connectivity index is 3.21. The van der Waals surface area contributed by atoms with Gasteiger partial charge >= 0.3 is 5.97 Å². The summed E-state index contributed by atoms with van der Waals surface area (Å²) in [5.74, 6) is -0.695. The van der Waals surface area contributed by atoms with Crippen LogP contribution in [0.5, 0.6) is 0 Å². The van der Waals surface area contributed by atoms with Crippen molar-refractivity contribution in [2.24, 2.45) is 0 Å². The van der Waals surface area contributed by atoms with Crippen molar-refractivity contribution in [3.8, 4) is 0 Å². The quantitative estimate of drug-likeness (QED) is 0.279. The lowest BCUT2D eigenvalue weighted by Crippen LogP contribution is -1.92. The number of allylic oxidation sites excluding steroid dienone is 6. The Kier molecular flexibility index (Phi) is 16.7. The largest absolute Gasteiger partial charge is 0.481 e. The van der Waals surface area contributed by atoms with E-state index in [-0.39, 0.29) is 6.42 Å². The number of hydrogen-bond donors (Lipinski definition) is 1. The molecule has 0 saturated heterocycles. The first-order valence-electron chi connectivity index (χ1n) is 8.94. The van der Waals surface area contributed by atoms with Gasteiger partial charge in [0.15, 0.2) is 0 Å². The SMILES string of the molecule is CCC/C=C\C/C=C\CCCCCC/C=C\CCCC(=O)O. The molecule has 0 atom stereocenters. The third-order valence-corrected chi connectivity index (χ3v) is 3.48. The van der Waals surface area contributed by atoms with E-state index in [1.807, 2.05) is 0 Å². The van der Waals surface area contributed by atoms with Gasteiger partial charge in [0.2, 0.25) is 0 Å². The van der Waals surface area contributed by atoms with Crippen LogP contribution in [0.2, 0.25) is 0 Å². The van der Waals surface area contributed by atoms with Crippen molar-refractivity contribution in [1.82, 2.24) is 0 Å². The summed E-state index contributed by atoms with van der Waals surface area (Å²) < 4.78 is 0. The molecule has 0 spiro atoms. The molecule has 0 heterocycles. The number of carbonyl (C=O) groups is 1. The molecule has 0 aliphatic rings. The Morgan fingerprint density at radius 3 is 1.77 bits per heavy atom. The van der Waals surface area contributed by atoms with E-state index >= 15 is 0 Å². The number of rotatable bonds is 15. The van der Waals surface area contributed by atoms with Gasteiger partial charge in [0.25, 0.3) is 0 Å². The summed E-state index contributed by atoms with van der Waals surface area (Å²) in [5.41, 5.74) is 0. The summed E-state index contributed by atoms with van der Waals surface area (Å²) in [6.07, 6.45) is 26.3. The van der Waals surface area contributed by atoms with Crippen molar-refractivity contribution in [2.45, 2.75) is 84.0 Å². The van der Waals surface area contributed by atoms with Crippen LogP contribution < -0.4 is 0 Å². The van der Waals surface area contributed by atoms with E-state index in [9.17, 15) is 4.79 Å². The molecule has 0 aliphatic carbocycles. The maximum Gasteiger partial charge on any atom is 0.303 e. The van der Waals surface area contributed by atoms with Crippen LogP contribution in [0, 0.1) is 0 Å². The van der Waals surface area contributed by atoms with Crippen LogP contribution in [0.4, 0.5) is 0 Å². The molecule has 0 amide bonds. The van der Waals surface area contributed by atoms with Gasteiger partial charge in [0.1, 0.15) is 0 Å². The second-order valence-corrected chi connectivity index (χ2v) is 5.72. The van der Waals surface area contributed by atoms with Crippen LogP contribution in [-0.4, -0.2) is 11.1 Å². The first-order chi connectivity index (χ1) is 10.8. The van der Waals surface area contributed by atoms with Crippen LogP contribution in [0.15, 0.2) is 36.5 Å². The van der Waals surface area contributed by atoms with Crippen LogP contribution in [0.1, 0.15) is 84.0 Å². The molecule has 126 valence electrons. The fraction of sp³-hybridized carbons (Fsp3) is 0.650. The Hall–Kier alpha value is -1.31. The van der Waals surface area contributed by atoms with Gasteiger partial charge in [-0.15, -0.1) is 0 Å². The highest BCUT2D eigenvalue weighted by Gasteiger charge is 1.93. The molecule has 0 aliphatic heterocycles. The van der Waals surface area contributed by atoms with Crippen LogP contribution >= 0.6 is 0 Å². The maximum absolute atomic E-state index is 10.3. The second kappa shape index (κ2) is 17.7. The average molecular weight is 306 g/mol. The summed E-state index contributed by atoms with van der Waals surface area (Å²) in [4.78, 5) is 10.3. The second-order valence-electron chi connectivity index (χ2n) is 5.72. The molecule has 0 fully saturated rings. The molecule has 2 heteroatoms. The Morgan fingerprint density at radius 2 is 1.23 bits per heavy atom. The molecule has 2 nitrogen and oxygen atoms in total. The van der Waals surface area contributed by atoms with E-state index in [0.29, 0.717) is 0 Å². The van der Waals surface area contributed by atoms with E-state index in [2.05, 4.69) is 43.4 Å². The molecule has 0 aromatic rings. The molecule has 22 heavy (non-hydrogen) atoms. The highest BCUT2D eigenvalue weighted by molar-refractivity contribution is 5.66. The lowest BCUT2D eigenvalue weighted by Gasteiger charge is -1.97. The van der Waals surface area contributed by atoms with Gasteiger partial charge in [0.05, 0.1) is 0 Å². The zero-order valence-electron chi connectivity index (χ0n) is 14.3. The fourth-order valence-electron chi connectivity index (χ4n) is 2.16. The summed E-state index contributed by atoms with van der Waals surface area (Å²) in [7, 11) is 0. The number of unbranched alkanes of at least 4 members (excludes halogenated alkanes) is 7. The van der Waals surface area contributed by atoms with E-state index in [4.69, 9.17) is 5.11 Å². The van der Waals surface area contributed by atoms with Crippen LogP contribution in [0.3, 0.4) is 0 Å². The average Bonchev–Trinajstić information content (AvgIpc) is 2.50. The van der Waals surface area contributed by atoms with E-state index in [1.54, 1.807) is 0 Å². The molecule has 0 radical (unpaired) electrons. The number of aliphatic carboxylic acids is 1. The predicted octanol–water partition coefficient (Wildman–Crippen LogP) is 6.44. The fourth-order valence-corrected chi connectivity index (χ4v) is 2.16. The van der Waals surface area contributed by atoms with Crippen molar-refractivity contribution in [2.75, 3.05) is 0 Å². The third kappa shape index (κ3) is 18.7. The summed E-state index contributed by atoms with van der Waals surface area (Å²) >= 11 is 0. The number of carboxylic acids is 1. The molecule has 0 bridgehead atoms. The normalized spacial score (nSPS) is 12.0. The lowest BCUT2D eigenvalue weighted by molar-refractivity contribution is -0.137. The standard InChI is InChI=1S/C20H34O2/c1-2-3-4-5-6-7-8-9-10-11-12-13-14-15-16-17-18-19-20(21)22/h4-5,7-8,15-16H,2-3,6,9-14,17-19H2,1H3,(H,21,22)/b5-4-,8-7-,16-15-. The van der Waals surface area contributed by atoms with Crippen LogP contribution in [-0.2, 0) is 4.79 Å². The maximum atomic E-state index is 10.3. The highest BCUT2D eigenvalue weighted by atomic mass is 16.4. The van der Waals surface area contributed by atoms with Crippen molar-refractivity contribution in [1.29, 1.82) is 0 Å². The summed E-state index contributed by atoms with van der Waals surface area (Å²) in [5, 5.41) is 8.51. The predicted molar refractivity (Wildman–Crippen MR) is 96.1 cm³/mol. The highest BCUT2D eigenvalue weighted by Crippen LogP contribution is 2.07. The first-order valence-corrected chi connectivity index (χ1v) is 8.94. The zero-order valence-corrected chi connectivity index (χ0v) is 14.3. The van der Waals surface area contributed by atoms with Gasteiger partial charge in [-0.2, -0.15) is 0 Å². The third-order valence-electron chi connectivity index (χ3n) is 3.48. The Labute approximate surface area is 137 Å². The van der Waals surface area contributed by atoms with Crippen molar-refractivity contribution < 1.29 is 9.90 Å². The zero-order chi connectivity index (χ0) is 16.3. The van der Waals surface area contributed by atoms with Crippen molar-refractivity contribution >= 4 is 5.97 Å². The van der Waals surface area contributed by atoms with Crippen molar-refractivity contribution in [3.05, 3.63) is 36.5 Å². The Bertz CT molecular complexity index is 327. The molecule has 0 unspecified atom stereocenters. The molecular formula is C20H34O2. The van der Waals surface area contributed by atoms with Gasteiger partial charge in [-0.1, -0.05) is 62.6 Å². The van der Waals surface area contributed by atoms with E-state index in [1.165, 1.54) is 44.9 Å². The van der Waals surface area contributed by atoms with Gasteiger partial charge in [-0.3, -0.25) is 4.79 Å². The van der Waals surface area contributed by atoms with E-state index < -0.39 is 5.97 Å². The molecule has 1 N–H and O–H groups in total. The van der Waals surface area contributed by atoms with E-state index in [0.717, 1.165) is 25.7 Å². The minimum atomic E-state index is -0.695. The molecule has 0 saturated carbocycles. The summed E-state index contributed by atoms with van der Waals surface area (Å²) in [6, 6.07) is 0. The minimum Gasteiger partial charge on any atom is -0.481 e. The molecular weight excluding hydrogens is 272 g/mol. The van der Waals surface area contributed by atoms with Gasteiger partial charge in [-0.25, -0.2) is 0 Å². The molecule has 0 aromatic heterocycles. The number of hydrogen-bond acceptors (Lipinski definition) is 1. The van der Waals surface area contributed by atoms with Gasteiger partial charge in [-0.05, 0) is 51.4 Å². The number of carboxylic acid groups (broad SMARTS) is 1. The minimum absolute atomic E-state index is 0.284. The van der Waals surface area contributed by atoms with Crippen molar-refractivity contribution in [3.63, 3.8) is 0 Å². The smallest absolute Gasteiger partial charge is 0.303 e. The lowest BCUT2D eigenvalue weighted by atomic mass is 10.1. The Morgan fingerprint density at radius 1 is 0.727 bits per heavy atom. The van der Waals surface area contributed by atoms with Gasteiger partial charge in [0, 0.05) is 6.42 Å². The molecule has 0 rings (SSSR count). The topological polar surface area (TPSA) is 37.3 Å².